The van der Waals surface area contributed by atoms with Crippen molar-refractivity contribution >= 4 is 47.3 Å². The van der Waals surface area contributed by atoms with Crippen LogP contribution >= 0.6 is 0 Å². The summed E-state index contributed by atoms with van der Waals surface area (Å²) in [4.78, 5) is 92.2. The first-order valence-corrected chi connectivity index (χ1v) is 10.4. The lowest BCUT2D eigenvalue weighted by Gasteiger charge is -2.16. The number of aliphatic hydroxyl groups excluding tert-OH is 1. The van der Waals surface area contributed by atoms with Gasteiger partial charge in [-0.05, 0) is 0 Å². The molecule has 0 heterocycles. The fourth-order valence-electron chi connectivity index (χ4n) is 2.03. The number of carbonyl (C=O) groups excluding carboxylic acids is 8. The molecule has 0 saturated heterocycles. The largest absolute Gasteiger partial charge is 0.394 e. The van der Waals surface area contributed by atoms with Crippen molar-refractivity contribution in [2.75, 3.05) is 59.5 Å². The Morgan fingerprint density at radius 2 is 0.944 bits per heavy atom. The molecule has 18 heteroatoms. The number of rotatable bonds is 16. The molecule has 18 nitrogen and oxygen atoms in total. The Morgan fingerprint density at radius 1 is 0.583 bits per heavy atom. The number of likely N-dealkylation sites (N-methyl/N-ethyl adjacent to an activating group) is 1. The first-order chi connectivity index (χ1) is 17.0. The molecular weight excluding hydrogens is 486 g/mol. The van der Waals surface area contributed by atoms with E-state index in [1.807, 2.05) is 0 Å². The zero-order valence-corrected chi connectivity index (χ0v) is 19.5. The van der Waals surface area contributed by atoms with Crippen molar-refractivity contribution in [2.24, 2.45) is 5.73 Å². The average Bonchev–Trinajstić information content (AvgIpc) is 2.87. The van der Waals surface area contributed by atoms with Crippen molar-refractivity contribution in [1.29, 1.82) is 0 Å². The molecule has 0 aromatic rings. The van der Waals surface area contributed by atoms with Gasteiger partial charge in [0, 0.05) is 7.05 Å². The van der Waals surface area contributed by atoms with Crippen LogP contribution in [0.25, 0.3) is 0 Å². The molecule has 1 atom stereocenters. The van der Waals surface area contributed by atoms with Crippen molar-refractivity contribution < 1.29 is 43.5 Å². The second kappa shape index (κ2) is 18.1. The third-order valence-corrected chi connectivity index (χ3v) is 3.95. The first-order valence-electron chi connectivity index (χ1n) is 10.4. The van der Waals surface area contributed by atoms with E-state index in [2.05, 4.69) is 42.5 Å². The smallest absolute Gasteiger partial charge is 0.245 e. The van der Waals surface area contributed by atoms with E-state index in [9.17, 15) is 43.5 Å². The predicted molar refractivity (Wildman–Crippen MR) is 120 cm³/mol. The third-order valence-electron chi connectivity index (χ3n) is 3.95. The minimum Gasteiger partial charge on any atom is -0.394 e. The van der Waals surface area contributed by atoms with E-state index in [-0.39, 0.29) is 19.6 Å². The Bertz CT molecular complexity index is 835. The van der Waals surface area contributed by atoms with Crippen LogP contribution in [0.4, 0.5) is 0 Å². The van der Waals surface area contributed by atoms with Gasteiger partial charge in [-0.15, -0.1) is 0 Å². The topological polar surface area (TPSA) is 279 Å². The Balaban J connectivity index is 4.23. The van der Waals surface area contributed by atoms with Gasteiger partial charge in [-0.2, -0.15) is 0 Å². The Morgan fingerprint density at radius 3 is 1.33 bits per heavy atom. The average molecular weight is 518 g/mol. The molecule has 0 aliphatic heterocycles. The van der Waals surface area contributed by atoms with Crippen LogP contribution in [0.1, 0.15) is 0 Å². The fraction of sp³-hybridized carbons (Fsp3) is 0.556. The SMILES string of the molecule is CNC(=O)CNC(=O)CNC(=O)CNC(=O)[C@H](CO)NC(=O)CNC(=O)CNC(=O)CNC(=O)CN. The maximum Gasteiger partial charge on any atom is 0.245 e. The first kappa shape index (κ1) is 31.7. The molecule has 0 spiro atoms. The number of carbonyl (C=O) groups is 8. The van der Waals surface area contributed by atoms with Crippen LogP contribution in [0, 0.1) is 0 Å². The van der Waals surface area contributed by atoms with Crippen LogP contribution in [0.2, 0.25) is 0 Å². The number of amides is 8. The molecular formula is C18H31N9O9. The molecule has 0 aromatic carbocycles. The summed E-state index contributed by atoms with van der Waals surface area (Å²) < 4.78 is 0. The molecule has 0 fully saturated rings. The molecule has 0 radical (unpaired) electrons. The second-order valence-corrected chi connectivity index (χ2v) is 6.78. The van der Waals surface area contributed by atoms with E-state index >= 15 is 0 Å². The van der Waals surface area contributed by atoms with Gasteiger partial charge in [0.05, 0.1) is 52.4 Å². The number of aliphatic hydroxyl groups is 1. The van der Waals surface area contributed by atoms with Gasteiger partial charge >= 0.3 is 0 Å². The lowest BCUT2D eigenvalue weighted by atomic mass is 10.3. The van der Waals surface area contributed by atoms with Gasteiger partial charge in [-0.1, -0.05) is 0 Å². The Labute approximate surface area is 205 Å². The monoisotopic (exact) mass is 517 g/mol. The molecule has 11 N–H and O–H groups in total. The number of nitrogens with two attached hydrogens (primary N) is 1. The van der Waals surface area contributed by atoms with Gasteiger partial charge in [-0.3, -0.25) is 38.4 Å². The summed E-state index contributed by atoms with van der Waals surface area (Å²) in [5, 5.41) is 26.9. The Kier molecular flexibility index (Phi) is 15.9. The van der Waals surface area contributed by atoms with Crippen LogP contribution in [0.15, 0.2) is 0 Å². The number of nitrogens with one attached hydrogen (secondary N) is 8. The predicted octanol–water partition coefficient (Wildman–Crippen LogP) is -8.13. The van der Waals surface area contributed by atoms with Gasteiger partial charge in [0.2, 0.25) is 47.3 Å². The highest BCUT2D eigenvalue weighted by Crippen LogP contribution is 1.84. The Hall–Kier alpha value is -4.32. The maximum atomic E-state index is 12.0. The van der Waals surface area contributed by atoms with Crippen LogP contribution in [-0.4, -0.2) is 118 Å². The van der Waals surface area contributed by atoms with Gasteiger partial charge in [0.25, 0.3) is 0 Å². The lowest BCUT2D eigenvalue weighted by Crippen LogP contribution is -2.53. The van der Waals surface area contributed by atoms with Crippen LogP contribution in [-0.2, 0) is 38.4 Å². The van der Waals surface area contributed by atoms with E-state index in [1.165, 1.54) is 7.05 Å². The van der Waals surface area contributed by atoms with Crippen LogP contribution < -0.4 is 48.3 Å². The summed E-state index contributed by atoms with van der Waals surface area (Å²) in [6.45, 7) is -3.89. The molecule has 0 bridgehead atoms. The van der Waals surface area contributed by atoms with Crippen LogP contribution in [0.3, 0.4) is 0 Å². The quantitative estimate of drug-likeness (QED) is 0.0922. The minimum absolute atomic E-state index is 0.274. The zero-order valence-electron chi connectivity index (χ0n) is 19.5. The molecule has 0 aliphatic rings. The van der Waals surface area contributed by atoms with E-state index in [4.69, 9.17) is 5.73 Å². The standard InChI is InChI=1S/C18H31N9O9/c1-20-12(30)3-22-14(32)5-24-16(34)7-26-18(36)10(9-28)27-17(35)8-25-15(33)6-23-13(31)4-21-11(29)2-19/h10,28H,2-9,19H2,1H3,(H,20,30)(H,21,29)(H,22,32)(H,23,31)(H,24,34)(H,25,33)(H,26,36)(H,27,35)/t10-/m0/s1. The summed E-state index contributed by atoms with van der Waals surface area (Å²) >= 11 is 0. The van der Waals surface area contributed by atoms with E-state index in [1.54, 1.807) is 0 Å². The summed E-state index contributed by atoms with van der Waals surface area (Å²) in [7, 11) is 1.38. The van der Waals surface area contributed by atoms with Crippen molar-refractivity contribution in [3.63, 3.8) is 0 Å². The summed E-state index contributed by atoms with van der Waals surface area (Å²) in [5.41, 5.74) is 5.06. The number of hydrogen-bond acceptors (Lipinski definition) is 10. The normalized spacial score (nSPS) is 10.6. The highest BCUT2D eigenvalue weighted by molar-refractivity contribution is 5.94. The van der Waals surface area contributed by atoms with Crippen molar-refractivity contribution in [3.05, 3.63) is 0 Å². The van der Waals surface area contributed by atoms with Gasteiger partial charge in [0.1, 0.15) is 6.04 Å². The zero-order chi connectivity index (χ0) is 27.5. The van der Waals surface area contributed by atoms with Crippen molar-refractivity contribution in [1.82, 2.24) is 42.5 Å². The third kappa shape index (κ3) is 15.5. The van der Waals surface area contributed by atoms with Gasteiger partial charge in [0.15, 0.2) is 0 Å². The van der Waals surface area contributed by atoms with E-state index in [0.717, 1.165) is 0 Å². The van der Waals surface area contributed by atoms with Gasteiger partial charge in [-0.25, -0.2) is 0 Å². The second-order valence-electron chi connectivity index (χ2n) is 6.78. The highest BCUT2D eigenvalue weighted by atomic mass is 16.3. The van der Waals surface area contributed by atoms with Gasteiger partial charge < -0.3 is 53.4 Å². The highest BCUT2D eigenvalue weighted by Gasteiger charge is 2.21. The molecule has 0 aromatic heterocycles. The molecule has 0 rings (SSSR count). The molecule has 0 saturated carbocycles. The molecule has 0 aliphatic carbocycles. The molecule has 0 unspecified atom stereocenters. The summed E-state index contributed by atoms with van der Waals surface area (Å²) in [6, 6.07) is -1.44. The molecule has 8 amide bonds. The molecule has 36 heavy (non-hydrogen) atoms. The minimum atomic E-state index is -1.44. The van der Waals surface area contributed by atoms with Crippen molar-refractivity contribution in [2.45, 2.75) is 6.04 Å². The van der Waals surface area contributed by atoms with Crippen LogP contribution in [0.5, 0.6) is 0 Å². The lowest BCUT2D eigenvalue weighted by molar-refractivity contribution is -0.132. The number of hydrogen-bond donors (Lipinski definition) is 10. The maximum absolute atomic E-state index is 12.0. The van der Waals surface area contributed by atoms with E-state index < -0.39 is 86.1 Å². The van der Waals surface area contributed by atoms with Crippen molar-refractivity contribution in [3.8, 4) is 0 Å². The summed E-state index contributed by atoms with van der Waals surface area (Å²) in [6.07, 6.45) is 0. The summed E-state index contributed by atoms with van der Waals surface area (Å²) in [5.74, 6) is -5.56. The van der Waals surface area contributed by atoms with E-state index in [0.29, 0.717) is 0 Å². The molecule has 202 valence electrons. The fourth-order valence-corrected chi connectivity index (χ4v) is 2.03.